The number of hydrogen-bond acceptors (Lipinski definition) is 2. The first-order valence-corrected chi connectivity index (χ1v) is 5.99. The Bertz CT molecular complexity index is 445. The number of benzene rings is 1. The van der Waals surface area contributed by atoms with Crippen LogP contribution >= 0.6 is 23.2 Å². The van der Waals surface area contributed by atoms with Crippen LogP contribution < -0.4 is 16.0 Å². The summed E-state index contributed by atoms with van der Waals surface area (Å²) >= 11 is 11.8. The molecule has 1 aromatic carbocycles. The van der Waals surface area contributed by atoms with Crippen LogP contribution in [-0.2, 0) is 9.59 Å². The monoisotopic (exact) mass is 290 g/mol. The second-order valence-electron chi connectivity index (χ2n) is 3.92. The van der Waals surface area contributed by atoms with Crippen molar-refractivity contribution in [1.82, 2.24) is 0 Å². The predicted octanol–water partition coefficient (Wildman–Crippen LogP) is -0.0681. The van der Waals surface area contributed by atoms with E-state index in [1.54, 1.807) is 25.2 Å². The molecule has 1 aromatic rings. The van der Waals surface area contributed by atoms with Gasteiger partial charge < -0.3 is 16.0 Å². The maximum atomic E-state index is 11.7. The Morgan fingerprint density at radius 3 is 2.33 bits per heavy atom. The molecule has 0 saturated carbocycles. The average Bonchev–Trinajstić information content (AvgIpc) is 2.22. The van der Waals surface area contributed by atoms with Crippen LogP contribution in [0.5, 0.6) is 0 Å². The largest absolute Gasteiger partial charge is 0.365 e. The Hall–Kier alpha value is -1.30. The molecule has 18 heavy (non-hydrogen) atoms. The van der Waals surface area contributed by atoms with Crippen LogP contribution in [0.2, 0.25) is 10.0 Å². The Morgan fingerprint density at radius 2 is 1.83 bits per heavy atom. The van der Waals surface area contributed by atoms with E-state index in [-0.39, 0.29) is 19.0 Å². The number of para-hydroxylation sites is 1. The lowest BCUT2D eigenvalue weighted by Crippen LogP contribution is -3.11. The zero-order valence-corrected chi connectivity index (χ0v) is 11.3. The Kier molecular flexibility index (Phi) is 5.40. The minimum atomic E-state index is -0.462. The van der Waals surface area contributed by atoms with Crippen LogP contribution in [-0.4, -0.2) is 32.0 Å². The number of quaternary nitrogens is 1. The van der Waals surface area contributed by atoms with Gasteiger partial charge in [0, 0.05) is 0 Å². The smallest absolute Gasteiger partial charge is 0.279 e. The number of primary amides is 1. The highest BCUT2D eigenvalue weighted by Gasteiger charge is 2.14. The van der Waals surface area contributed by atoms with Gasteiger partial charge >= 0.3 is 0 Å². The van der Waals surface area contributed by atoms with Crippen molar-refractivity contribution in [3.8, 4) is 0 Å². The SMILES string of the molecule is C[NH+](CC(N)=O)CC(=O)Nc1c(Cl)cccc1Cl. The third-order valence-corrected chi connectivity index (χ3v) is 2.80. The van der Waals surface area contributed by atoms with Gasteiger partial charge in [-0.15, -0.1) is 0 Å². The van der Waals surface area contributed by atoms with Crippen molar-refractivity contribution in [2.45, 2.75) is 0 Å². The van der Waals surface area contributed by atoms with Gasteiger partial charge in [-0.05, 0) is 12.1 Å². The van der Waals surface area contributed by atoms with Gasteiger partial charge in [0.1, 0.15) is 0 Å². The van der Waals surface area contributed by atoms with Gasteiger partial charge in [0.05, 0.1) is 22.8 Å². The van der Waals surface area contributed by atoms with Crippen molar-refractivity contribution in [3.05, 3.63) is 28.2 Å². The molecule has 1 rings (SSSR count). The lowest BCUT2D eigenvalue weighted by Gasteiger charge is -2.13. The molecule has 1 atom stereocenters. The first-order chi connectivity index (χ1) is 8.40. The van der Waals surface area contributed by atoms with Gasteiger partial charge in [-0.2, -0.15) is 0 Å². The minimum absolute atomic E-state index is 0.0870. The van der Waals surface area contributed by atoms with Crippen molar-refractivity contribution in [3.63, 3.8) is 0 Å². The predicted molar refractivity (Wildman–Crippen MR) is 70.9 cm³/mol. The summed E-state index contributed by atoms with van der Waals surface area (Å²) in [5.41, 5.74) is 5.41. The highest BCUT2D eigenvalue weighted by atomic mass is 35.5. The van der Waals surface area contributed by atoms with Crippen molar-refractivity contribution in [2.24, 2.45) is 5.73 Å². The lowest BCUT2D eigenvalue weighted by atomic mass is 10.3. The number of rotatable bonds is 5. The first-order valence-electron chi connectivity index (χ1n) is 5.23. The Morgan fingerprint density at radius 1 is 1.28 bits per heavy atom. The molecule has 0 spiro atoms. The molecule has 2 amide bonds. The molecule has 98 valence electrons. The van der Waals surface area contributed by atoms with Crippen LogP contribution in [0.4, 0.5) is 5.69 Å². The van der Waals surface area contributed by atoms with E-state index in [2.05, 4.69) is 5.32 Å². The minimum Gasteiger partial charge on any atom is -0.365 e. The van der Waals surface area contributed by atoms with Crippen LogP contribution in [0.15, 0.2) is 18.2 Å². The van der Waals surface area contributed by atoms with Gasteiger partial charge in [-0.25, -0.2) is 0 Å². The molecule has 0 aliphatic rings. The number of amides is 2. The van der Waals surface area contributed by atoms with E-state index in [1.807, 2.05) is 0 Å². The first kappa shape index (κ1) is 14.8. The lowest BCUT2D eigenvalue weighted by molar-refractivity contribution is -0.862. The van der Waals surface area contributed by atoms with Crippen molar-refractivity contribution in [1.29, 1.82) is 0 Å². The summed E-state index contributed by atoms with van der Waals surface area (Å²) < 4.78 is 0. The molecule has 5 nitrogen and oxygen atoms in total. The summed E-state index contributed by atoms with van der Waals surface area (Å²) in [6, 6.07) is 4.94. The van der Waals surface area contributed by atoms with E-state index in [4.69, 9.17) is 28.9 Å². The van der Waals surface area contributed by atoms with E-state index >= 15 is 0 Å². The molecular weight excluding hydrogens is 277 g/mol. The van der Waals surface area contributed by atoms with Crippen LogP contribution in [0.3, 0.4) is 0 Å². The third-order valence-electron chi connectivity index (χ3n) is 2.17. The molecule has 7 heteroatoms. The average molecular weight is 291 g/mol. The summed E-state index contributed by atoms with van der Waals surface area (Å²) in [5.74, 6) is -0.750. The number of nitrogens with two attached hydrogens (primary N) is 1. The van der Waals surface area contributed by atoms with Gasteiger partial charge in [0.2, 0.25) is 0 Å². The van der Waals surface area contributed by atoms with E-state index in [0.717, 1.165) is 0 Å². The molecule has 0 aromatic heterocycles. The highest BCUT2D eigenvalue weighted by Crippen LogP contribution is 2.29. The molecule has 0 saturated heterocycles. The standard InChI is InChI=1S/C11H13Cl2N3O2/c1-16(5-9(14)17)6-10(18)15-11-7(12)3-2-4-8(11)13/h2-4H,5-6H2,1H3,(H2,14,17)(H,15,18)/p+1. The molecule has 0 heterocycles. The van der Waals surface area contributed by atoms with Crippen molar-refractivity contribution < 1.29 is 14.5 Å². The van der Waals surface area contributed by atoms with Gasteiger partial charge in [-0.1, -0.05) is 29.3 Å². The molecule has 0 aliphatic carbocycles. The topological polar surface area (TPSA) is 76.6 Å². The van der Waals surface area contributed by atoms with Crippen molar-refractivity contribution in [2.75, 3.05) is 25.5 Å². The van der Waals surface area contributed by atoms with Crippen molar-refractivity contribution >= 4 is 40.7 Å². The van der Waals surface area contributed by atoms with E-state index in [0.29, 0.717) is 20.6 Å². The number of halogens is 2. The second kappa shape index (κ2) is 6.58. The molecule has 0 radical (unpaired) electrons. The quantitative estimate of drug-likeness (QED) is 0.710. The number of likely N-dealkylation sites (N-methyl/N-ethyl adjacent to an activating group) is 1. The fourth-order valence-electron chi connectivity index (χ4n) is 1.43. The zero-order valence-electron chi connectivity index (χ0n) is 9.80. The van der Waals surface area contributed by atoms with E-state index < -0.39 is 5.91 Å². The number of hydrogen-bond donors (Lipinski definition) is 3. The molecule has 0 aliphatic heterocycles. The number of carbonyl (C=O) groups excluding carboxylic acids is 2. The Balaban J connectivity index is 2.62. The highest BCUT2D eigenvalue weighted by molar-refractivity contribution is 6.39. The fraction of sp³-hybridized carbons (Fsp3) is 0.273. The summed E-state index contributed by atoms with van der Waals surface area (Å²) in [6.45, 7) is 0.189. The summed E-state index contributed by atoms with van der Waals surface area (Å²) in [4.78, 5) is 23.1. The van der Waals surface area contributed by atoms with Gasteiger partial charge in [-0.3, -0.25) is 9.59 Å². The van der Waals surface area contributed by atoms with Gasteiger partial charge in [0.15, 0.2) is 13.1 Å². The number of nitrogens with one attached hydrogen (secondary N) is 2. The molecule has 0 fully saturated rings. The fourth-order valence-corrected chi connectivity index (χ4v) is 1.93. The third kappa shape index (κ3) is 4.52. The molecular formula is C11H14Cl2N3O2+. The van der Waals surface area contributed by atoms with Crippen LogP contribution in [0.25, 0.3) is 0 Å². The number of carbonyl (C=O) groups is 2. The zero-order chi connectivity index (χ0) is 13.7. The maximum absolute atomic E-state index is 11.7. The van der Waals surface area contributed by atoms with Crippen LogP contribution in [0, 0.1) is 0 Å². The van der Waals surface area contributed by atoms with Gasteiger partial charge in [0.25, 0.3) is 11.8 Å². The Labute approximate surface area is 115 Å². The maximum Gasteiger partial charge on any atom is 0.279 e. The normalized spacial score (nSPS) is 11.9. The second-order valence-corrected chi connectivity index (χ2v) is 4.74. The van der Waals surface area contributed by atoms with Crippen LogP contribution in [0.1, 0.15) is 0 Å². The number of anilines is 1. The molecule has 1 unspecified atom stereocenters. The summed E-state index contributed by atoms with van der Waals surface area (Å²) in [6.07, 6.45) is 0. The molecule has 4 N–H and O–H groups in total. The molecule has 0 bridgehead atoms. The summed E-state index contributed by atoms with van der Waals surface area (Å²) in [7, 11) is 1.69. The van der Waals surface area contributed by atoms with E-state index in [1.165, 1.54) is 0 Å². The van der Waals surface area contributed by atoms with E-state index in [9.17, 15) is 9.59 Å². The summed E-state index contributed by atoms with van der Waals surface area (Å²) in [5, 5.41) is 3.34.